The smallest absolute Gasteiger partial charge is 0.227 e. The van der Waals surface area contributed by atoms with E-state index in [4.69, 9.17) is 9.47 Å². The average molecular weight is 378 g/mol. The van der Waals surface area contributed by atoms with Gasteiger partial charge in [-0.2, -0.15) is 0 Å². The fourth-order valence-electron chi connectivity index (χ4n) is 3.12. The number of benzene rings is 2. The van der Waals surface area contributed by atoms with Gasteiger partial charge in [-0.3, -0.25) is 4.79 Å². The van der Waals surface area contributed by atoms with Crippen molar-refractivity contribution in [2.75, 3.05) is 6.61 Å². The van der Waals surface area contributed by atoms with Crippen LogP contribution in [0.25, 0.3) is 0 Å². The highest BCUT2D eigenvalue weighted by Crippen LogP contribution is 2.27. The third-order valence-electron chi connectivity index (χ3n) is 4.56. The van der Waals surface area contributed by atoms with E-state index in [9.17, 15) is 9.18 Å². The van der Waals surface area contributed by atoms with E-state index in [0.29, 0.717) is 30.2 Å². The van der Waals surface area contributed by atoms with Crippen molar-refractivity contribution in [2.24, 2.45) is 5.92 Å². The molecule has 0 spiro atoms. The minimum Gasteiger partial charge on any atom is -0.492 e. The van der Waals surface area contributed by atoms with Gasteiger partial charge in [0, 0.05) is 24.4 Å². The van der Waals surface area contributed by atoms with E-state index >= 15 is 0 Å². The fraction of sp³-hybridized carbons (Fsp3) is 0.182. The van der Waals surface area contributed by atoms with Crippen LogP contribution in [0.1, 0.15) is 11.1 Å². The zero-order valence-corrected chi connectivity index (χ0v) is 15.1. The number of para-hydroxylation sites is 1. The first-order chi connectivity index (χ1) is 13.7. The lowest BCUT2D eigenvalue weighted by Gasteiger charge is -2.24. The first kappa shape index (κ1) is 18.0. The van der Waals surface area contributed by atoms with Crippen LogP contribution in [0.2, 0.25) is 0 Å². The molecule has 1 amide bonds. The van der Waals surface area contributed by atoms with Gasteiger partial charge in [-0.15, -0.1) is 0 Å². The molecular weight excluding hydrogens is 359 g/mol. The van der Waals surface area contributed by atoms with Crippen molar-refractivity contribution in [1.29, 1.82) is 0 Å². The Hall–Kier alpha value is -3.41. The molecule has 1 atom stereocenters. The van der Waals surface area contributed by atoms with Crippen LogP contribution in [0.15, 0.2) is 66.9 Å². The first-order valence-electron chi connectivity index (χ1n) is 9.05. The number of carbonyl (C=O) groups is 1. The van der Waals surface area contributed by atoms with Gasteiger partial charge in [0.2, 0.25) is 11.8 Å². The third-order valence-corrected chi connectivity index (χ3v) is 4.56. The quantitative estimate of drug-likeness (QED) is 0.732. The second kappa shape index (κ2) is 8.08. The largest absolute Gasteiger partial charge is 0.492 e. The first-order valence-corrected chi connectivity index (χ1v) is 9.05. The number of amides is 1. The normalized spacial score (nSPS) is 15.2. The Labute approximate surface area is 162 Å². The van der Waals surface area contributed by atoms with Crippen molar-refractivity contribution in [2.45, 2.75) is 13.0 Å². The summed E-state index contributed by atoms with van der Waals surface area (Å²) >= 11 is 0. The molecule has 0 bridgehead atoms. The number of fused-ring (bicyclic) bond motifs is 1. The Bertz CT molecular complexity index is 993. The van der Waals surface area contributed by atoms with Gasteiger partial charge in [-0.05, 0) is 36.2 Å². The summed E-state index contributed by atoms with van der Waals surface area (Å²) in [6, 6.07) is 17.2. The molecule has 0 saturated heterocycles. The number of hydrogen-bond acceptors (Lipinski definition) is 4. The van der Waals surface area contributed by atoms with Crippen LogP contribution in [-0.4, -0.2) is 17.5 Å². The number of halogens is 1. The van der Waals surface area contributed by atoms with Gasteiger partial charge in [-0.1, -0.05) is 30.3 Å². The van der Waals surface area contributed by atoms with E-state index in [2.05, 4.69) is 10.3 Å². The number of aromatic nitrogens is 1. The van der Waals surface area contributed by atoms with Crippen LogP contribution in [0, 0.1) is 11.7 Å². The Morgan fingerprint density at radius 1 is 1.18 bits per heavy atom. The number of nitrogens with zero attached hydrogens (tertiary/aromatic N) is 1. The molecule has 142 valence electrons. The molecule has 2 aromatic carbocycles. The van der Waals surface area contributed by atoms with Crippen LogP contribution < -0.4 is 14.8 Å². The van der Waals surface area contributed by atoms with E-state index in [1.165, 1.54) is 12.1 Å². The van der Waals surface area contributed by atoms with Gasteiger partial charge in [0.15, 0.2) is 0 Å². The maximum Gasteiger partial charge on any atom is 0.227 e. The molecule has 1 unspecified atom stereocenters. The highest BCUT2D eigenvalue weighted by molar-refractivity contribution is 5.79. The number of pyridine rings is 1. The van der Waals surface area contributed by atoms with E-state index in [1.807, 2.05) is 30.3 Å². The molecule has 0 aliphatic carbocycles. The molecular formula is C22H19FN2O3. The Morgan fingerprint density at radius 3 is 2.96 bits per heavy atom. The summed E-state index contributed by atoms with van der Waals surface area (Å²) in [7, 11) is 0. The van der Waals surface area contributed by atoms with Gasteiger partial charge in [-0.25, -0.2) is 9.37 Å². The molecule has 1 aromatic heterocycles. The van der Waals surface area contributed by atoms with Crippen molar-refractivity contribution >= 4 is 5.91 Å². The van der Waals surface area contributed by atoms with Gasteiger partial charge in [0.05, 0.1) is 5.92 Å². The van der Waals surface area contributed by atoms with Crippen molar-refractivity contribution < 1.29 is 18.7 Å². The highest BCUT2D eigenvalue weighted by Gasteiger charge is 2.25. The minimum absolute atomic E-state index is 0.0879. The van der Waals surface area contributed by atoms with Crippen molar-refractivity contribution in [3.8, 4) is 17.4 Å². The van der Waals surface area contributed by atoms with Crippen LogP contribution in [0.5, 0.6) is 17.4 Å². The van der Waals surface area contributed by atoms with Gasteiger partial charge < -0.3 is 14.8 Å². The molecule has 0 radical (unpaired) electrons. The van der Waals surface area contributed by atoms with Crippen LogP contribution in [0.3, 0.4) is 0 Å². The van der Waals surface area contributed by atoms with E-state index < -0.39 is 0 Å². The lowest BCUT2D eigenvalue weighted by Crippen LogP contribution is -2.37. The molecule has 1 N–H and O–H groups in total. The van der Waals surface area contributed by atoms with Crippen LogP contribution in [-0.2, 0) is 17.8 Å². The summed E-state index contributed by atoms with van der Waals surface area (Å²) in [5.41, 5.74) is 1.74. The molecule has 1 aliphatic heterocycles. The Morgan fingerprint density at radius 2 is 2.07 bits per heavy atom. The minimum atomic E-state index is -0.388. The maximum absolute atomic E-state index is 13.4. The summed E-state index contributed by atoms with van der Waals surface area (Å²) < 4.78 is 24.7. The highest BCUT2D eigenvalue weighted by atomic mass is 19.1. The molecule has 1 aliphatic rings. The van der Waals surface area contributed by atoms with Crippen molar-refractivity contribution in [3.63, 3.8) is 0 Å². The van der Waals surface area contributed by atoms with Crippen LogP contribution in [0.4, 0.5) is 4.39 Å². The SMILES string of the molecule is O=C(NCc1cccnc1Oc1cccc(F)c1)C1COc2ccccc2C1. The van der Waals surface area contributed by atoms with E-state index in [-0.39, 0.29) is 24.2 Å². The number of hydrogen-bond donors (Lipinski definition) is 1. The van der Waals surface area contributed by atoms with Crippen LogP contribution >= 0.6 is 0 Å². The molecule has 4 rings (SSSR count). The molecule has 2 heterocycles. The molecule has 5 nitrogen and oxygen atoms in total. The van der Waals surface area contributed by atoms with E-state index in [1.54, 1.807) is 24.4 Å². The van der Waals surface area contributed by atoms with Crippen molar-refractivity contribution in [1.82, 2.24) is 10.3 Å². The number of ether oxygens (including phenoxy) is 2. The van der Waals surface area contributed by atoms with E-state index in [0.717, 1.165) is 11.3 Å². The van der Waals surface area contributed by atoms with Gasteiger partial charge >= 0.3 is 0 Å². The number of nitrogens with one attached hydrogen (secondary N) is 1. The van der Waals surface area contributed by atoms with Crippen molar-refractivity contribution in [3.05, 3.63) is 83.8 Å². The zero-order chi connectivity index (χ0) is 19.3. The Kier molecular flexibility index (Phi) is 5.19. The lowest BCUT2D eigenvalue weighted by atomic mass is 9.96. The lowest BCUT2D eigenvalue weighted by molar-refractivity contribution is -0.126. The predicted molar refractivity (Wildman–Crippen MR) is 102 cm³/mol. The second-order valence-corrected chi connectivity index (χ2v) is 6.56. The third kappa shape index (κ3) is 4.11. The fourth-order valence-corrected chi connectivity index (χ4v) is 3.12. The number of carbonyl (C=O) groups excluding carboxylic acids is 1. The molecule has 28 heavy (non-hydrogen) atoms. The molecule has 0 saturated carbocycles. The summed E-state index contributed by atoms with van der Waals surface area (Å²) in [4.78, 5) is 16.8. The average Bonchev–Trinajstić information content (AvgIpc) is 2.72. The summed E-state index contributed by atoms with van der Waals surface area (Å²) in [5, 5.41) is 2.92. The molecule has 6 heteroatoms. The molecule has 0 fully saturated rings. The molecule has 3 aromatic rings. The monoisotopic (exact) mass is 378 g/mol. The number of rotatable bonds is 5. The second-order valence-electron chi connectivity index (χ2n) is 6.56. The summed E-state index contributed by atoms with van der Waals surface area (Å²) in [6.07, 6.45) is 2.23. The standard InChI is InChI=1S/C22H19FN2O3/c23-18-7-3-8-19(12-18)28-22-16(6-4-10-24-22)13-25-21(26)17-11-15-5-1-2-9-20(15)27-14-17/h1-10,12,17H,11,13-14H2,(H,25,26). The van der Waals surface area contributed by atoms with Gasteiger partial charge in [0.1, 0.15) is 23.9 Å². The summed E-state index contributed by atoms with van der Waals surface area (Å²) in [5.74, 6) is 0.793. The topological polar surface area (TPSA) is 60.5 Å². The maximum atomic E-state index is 13.4. The summed E-state index contributed by atoms with van der Waals surface area (Å²) in [6.45, 7) is 0.609. The van der Waals surface area contributed by atoms with Gasteiger partial charge in [0.25, 0.3) is 0 Å². The zero-order valence-electron chi connectivity index (χ0n) is 15.1. The predicted octanol–water partition coefficient (Wildman–Crippen LogP) is 3.88. The Balaban J connectivity index is 1.41.